The van der Waals surface area contributed by atoms with Crippen molar-refractivity contribution in [1.82, 2.24) is 0 Å². The lowest BCUT2D eigenvalue weighted by Crippen LogP contribution is -1.93. The van der Waals surface area contributed by atoms with Gasteiger partial charge in [0.2, 0.25) is 0 Å². The van der Waals surface area contributed by atoms with Crippen LogP contribution in [0.5, 0.6) is 0 Å². The van der Waals surface area contributed by atoms with Gasteiger partial charge in [0, 0.05) is 6.42 Å². The first-order chi connectivity index (χ1) is 10.2. The number of hydrogen-bond donors (Lipinski definition) is 1. The number of hydrogen-bond acceptors (Lipinski definition) is 1. The number of rotatable bonds is 15. The first kappa shape index (κ1) is 18.5. The highest BCUT2D eigenvalue weighted by Crippen LogP contribution is 2.45. The van der Waals surface area contributed by atoms with E-state index in [1.165, 1.54) is 77.0 Å². The minimum Gasteiger partial charge on any atom is -0.481 e. The van der Waals surface area contributed by atoms with Gasteiger partial charge in [-0.3, -0.25) is 4.79 Å². The molecule has 1 aliphatic carbocycles. The van der Waals surface area contributed by atoms with E-state index in [9.17, 15) is 4.79 Å². The molecule has 2 atom stereocenters. The third-order valence-electron chi connectivity index (χ3n) is 4.96. The van der Waals surface area contributed by atoms with E-state index >= 15 is 0 Å². The molecule has 1 fully saturated rings. The molecule has 0 saturated heterocycles. The van der Waals surface area contributed by atoms with E-state index in [0.29, 0.717) is 6.42 Å². The number of unbranched alkanes of at least 4 members (excludes halogenated alkanes) is 9. The van der Waals surface area contributed by atoms with Crippen molar-refractivity contribution >= 4 is 5.97 Å². The second-order valence-electron chi connectivity index (χ2n) is 7.01. The van der Waals surface area contributed by atoms with Gasteiger partial charge < -0.3 is 5.11 Å². The summed E-state index contributed by atoms with van der Waals surface area (Å²) in [6, 6.07) is 0. The van der Waals surface area contributed by atoms with Crippen molar-refractivity contribution in [2.45, 2.75) is 103 Å². The van der Waals surface area contributed by atoms with E-state index in [2.05, 4.69) is 6.92 Å². The minimum atomic E-state index is -0.649. The SMILES string of the molecule is CCCCCCC1CC1CCCCCCCCCC(=O)O. The molecule has 2 unspecified atom stereocenters. The Balaban J connectivity index is 1.75. The molecule has 0 aromatic carbocycles. The van der Waals surface area contributed by atoms with Gasteiger partial charge in [0.15, 0.2) is 0 Å². The van der Waals surface area contributed by atoms with E-state index < -0.39 is 5.97 Å². The molecule has 0 amide bonds. The van der Waals surface area contributed by atoms with Crippen LogP contribution in [-0.4, -0.2) is 11.1 Å². The van der Waals surface area contributed by atoms with E-state index in [4.69, 9.17) is 5.11 Å². The Labute approximate surface area is 131 Å². The van der Waals surface area contributed by atoms with Gasteiger partial charge in [0.25, 0.3) is 0 Å². The summed E-state index contributed by atoms with van der Waals surface area (Å²) in [5.74, 6) is 1.50. The van der Waals surface area contributed by atoms with Gasteiger partial charge in [-0.15, -0.1) is 0 Å². The maximum Gasteiger partial charge on any atom is 0.303 e. The molecule has 124 valence electrons. The molecule has 1 rings (SSSR count). The highest BCUT2D eigenvalue weighted by atomic mass is 16.4. The Morgan fingerprint density at radius 2 is 1.29 bits per heavy atom. The zero-order valence-electron chi connectivity index (χ0n) is 14.1. The normalized spacial score (nSPS) is 20.6. The molecule has 2 heteroatoms. The van der Waals surface area contributed by atoms with Gasteiger partial charge >= 0.3 is 5.97 Å². The second-order valence-corrected chi connectivity index (χ2v) is 7.01. The first-order valence-electron chi connectivity index (χ1n) is 9.45. The fourth-order valence-corrected chi connectivity index (χ4v) is 3.42. The largest absolute Gasteiger partial charge is 0.481 e. The monoisotopic (exact) mass is 296 g/mol. The molecule has 1 saturated carbocycles. The summed E-state index contributed by atoms with van der Waals surface area (Å²) in [6.45, 7) is 2.28. The third kappa shape index (κ3) is 10.8. The molecular weight excluding hydrogens is 260 g/mol. The first-order valence-corrected chi connectivity index (χ1v) is 9.45. The maximum atomic E-state index is 10.4. The van der Waals surface area contributed by atoms with Gasteiger partial charge in [0.1, 0.15) is 0 Å². The van der Waals surface area contributed by atoms with Crippen LogP contribution in [0, 0.1) is 11.8 Å². The smallest absolute Gasteiger partial charge is 0.303 e. The van der Waals surface area contributed by atoms with Crippen LogP contribution >= 0.6 is 0 Å². The summed E-state index contributed by atoms with van der Waals surface area (Å²) in [4.78, 5) is 10.4. The lowest BCUT2D eigenvalue weighted by atomic mass is 10.0. The van der Waals surface area contributed by atoms with Crippen molar-refractivity contribution in [3.8, 4) is 0 Å². The molecule has 1 aliphatic rings. The zero-order chi connectivity index (χ0) is 15.3. The molecule has 0 heterocycles. The van der Waals surface area contributed by atoms with Gasteiger partial charge in [-0.1, -0.05) is 84.0 Å². The molecule has 0 aromatic heterocycles. The summed E-state index contributed by atoms with van der Waals surface area (Å²) < 4.78 is 0. The average molecular weight is 296 g/mol. The van der Waals surface area contributed by atoms with Crippen LogP contribution in [0.15, 0.2) is 0 Å². The van der Waals surface area contributed by atoms with Crippen molar-refractivity contribution in [1.29, 1.82) is 0 Å². The van der Waals surface area contributed by atoms with Gasteiger partial charge in [0.05, 0.1) is 0 Å². The van der Waals surface area contributed by atoms with Crippen molar-refractivity contribution in [3.05, 3.63) is 0 Å². The fourth-order valence-electron chi connectivity index (χ4n) is 3.42. The number of carboxylic acid groups (broad SMARTS) is 1. The summed E-state index contributed by atoms with van der Waals surface area (Å²) in [7, 11) is 0. The summed E-state index contributed by atoms with van der Waals surface area (Å²) in [5, 5.41) is 8.55. The van der Waals surface area contributed by atoms with Crippen LogP contribution in [0.1, 0.15) is 103 Å². The van der Waals surface area contributed by atoms with Crippen LogP contribution in [-0.2, 0) is 4.79 Å². The number of aliphatic carboxylic acids is 1. The van der Waals surface area contributed by atoms with Crippen LogP contribution in [0.2, 0.25) is 0 Å². The molecule has 1 N–H and O–H groups in total. The van der Waals surface area contributed by atoms with Crippen LogP contribution in [0.25, 0.3) is 0 Å². The van der Waals surface area contributed by atoms with Crippen LogP contribution < -0.4 is 0 Å². The van der Waals surface area contributed by atoms with Gasteiger partial charge in [-0.25, -0.2) is 0 Å². The van der Waals surface area contributed by atoms with Gasteiger partial charge in [-0.05, 0) is 24.7 Å². The second kappa shape index (κ2) is 12.1. The molecule has 0 radical (unpaired) electrons. The molecule has 0 spiro atoms. The summed E-state index contributed by atoms with van der Waals surface area (Å²) in [6.07, 6.45) is 19.1. The van der Waals surface area contributed by atoms with Gasteiger partial charge in [-0.2, -0.15) is 0 Å². The highest BCUT2D eigenvalue weighted by Gasteiger charge is 2.34. The molecule has 21 heavy (non-hydrogen) atoms. The Kier molecular flexibility index (Phi) is 10.6. The van der Waals surface area contributed by atoms with Crippen LogP contribution in [0.4, 0.5) is 0 Å². The lowest BCUT2D eigenvalue weighted by molar-refractivity contribution is -0.137. The Hall–Kier alpha value is -0.530. The zero-order valence-corrected chi connectivity index (χ0v) is 14.1. The van der Waals surface area contributed by atoms with Crippen molar-refractivity contribution in [3.63, 3.8) is 0 Å². The Morgan fingerprint density at radius 1 is 0.810 bits per heavy atom. The van der Waals surface area contributed by atoms with Crippen LogP contribution in [0.3, 0.4) is 0 Å². The van der Waals surface area contributed by atoms with E-state index in [1.807, 2.05) is 0 Å². The number of carboxylic acids is 1. The number of carbonyl (C=O) groups is 1. The van der Waals surface area contributed by atoms with E-state index in [-0.39, 0.29) is 0 Å². The average Bonchev–Trinajstić information content (AvgIpc) is 3.20. The maximum absolute atomic E-state index is 10.4. The standard InChI is InChI=1S/C19H36O2/c1-2-3-4-10-13-17-16-18(17)14-11-8-6-5-7-9-12-15-19(20)21/h17-18H,2-16H2,1H3,(H,20,21). The lowest BCUT2D eigenvalue weighted by Gasteiger charge is -2.02. The quantitative estimate of drug-likeness (QED) is 0.366. The predicted molar refractivity (Wildman–Crippen MR) is 89.5 cm³/mol. The molecular formula is C19H36O2. The summed E-state index contributed by atoms with van der Waals surface area (Å²) >= 11 is 0. The third-order valence-corrected chi connectivity index (χ3v) is 4.96. The Morgan fingerprint density at radius 3 is 1.81 bits per heavy atom. The topological polar surface area (TPSA) is 37.3 Å². The molecule has 0 aliphatic heterocycles. The minimum absolute atomic E-state index is 0.349. The van der Waals surface area contributed by atoms with E-state index in [1.54, 1.807) is 0 Å². The summed E-state index contributed by atoms with van der Waals surface area (Å²) in [5.41, 5.74) is 0. The molecule has 0 bridgehead atoms. The van der Waals surface area contributed by atoms with E-state index in [0.717, 1.165) is 24.7 Å². The predicted octanol–water partition coefficient (Wildman–Crippen LogP) is 6.19. The molecule has 0 aromatic rings. The molecule has 2 nitrogen and oxygen atoms in total. The van der Waals surface area contributed by atoms with Crippen molar-refractivity contribution in [2.75, 3.05) is 0 Å². The van der Waals surface area contributed by atoms with Crippen molar-refractivity contribution < 1.29 is 9.90 Å². The Bertz CT molecular complexity index is 262. The highest BCUT2D eigenvalue weighted by molar-refractivity contribution is 5.66. The fraction of sp³-hybridized carbons (Fsp3) is 0.947. The van der Waals surface area contributed by atoms with Crippen molar-refractivity contribution in [2.24, 2.45) is 11.8 Å².